The number of aromatic nitrogens is 2. The molecule has 0 radical (unpaired) electrons. The monoisotopic (exact) mass is 237 g/mol. The first-order valence-electron chi connectivity index (χ1n) is 6.53. The first-order chi connectivity index (χ1) is 8.27. The molecule has 0 bridgehead atoms. The minimum absolute atomic E-state index is 0.205. The van der Waals surface area contributed by atoms with Crippen molar-refractivity contribution in [3.05, 3.63) is 18.2 Å². The molecule has 0 saturated heterocycles. The number of unbranched alkanes of at least 4 members (excludes halogenated alkanes) is 2. The van der Waals surface area contributed by atoms with E-state index in [4.69, 9.17) is 0 Å². The van der Waals surface area contributed by atoms with Crippen molar-refractivity contribution in [3.8, 4) is 0 Å². The number of hydrogen-bond acceptors (Lipinski definition) is 2. The van der Waals surface area contributed by atoms with E-state index >= 15 is 0 Å². The van der Waals surface area contributed by atoms with E-state index in [0.29, 0.717) is 6.42 Å². The van der Waals surface area contributed by atoms with E-state index in [2.05, 4.69) is 23.8 Å². The quantitative estimate of drug-likeness (QED) is 0.754. The van der Waals surface area contributed by atoms with Gasteiger partial charge in [0.25, 0.3) is 0 Å². The lowest BCUT2D eigenvalue weighted by Crippen LogP contribution is -2.34. The van der Waals surface area contributed by atoms with Crippen molar-refractivity contribution in [1.29, 1.82) is 0 Å². The Morgan fingerprint density at radius 1 is 1.29 bits per heavy atom. The highest BCUT2D eigenvalue weighted by molar-refractivity contribution is 5.78. The molecular weight excluding hydrogens is 214 g/mol. The lowest BCUT2D eigenvalue weighted by Gasteiger charge is -2.22. The molecule has 0 aliphatic heterocycles. The van der Waals surface area contributed by atoms with Crippen LogP contribution in [-0.2, 0) is 11.2 Å². The molecule has 1 rings (SSSR count). The number of carbonyl (C=O) groups excluding carboxylic acids is 1. The van der Waals surface area contributed by atoms with Gasteiger partial charge in [0.1, 0.15) is 0 Å². The van der Waals surface area contributed by atoms with Crippen molar-refractivity contribution >= 4 is 5.91 Å². The number of carbonyl (C=O) groups is 1. The Kier molecular flexibility index (Phi) is 6.37. The van der Waals surface area contributed by atoms with E-state index < -0.39 is 0 Å². The Labute approximate surface area is 103 Å². The van der Waals surface area contributed by atoms with Gasteiger partial charge in [-0.25, -0.2) is 4.98 Å². The normalized spacial score (nSPS) is 10.5. The average molecular weight is 237 g/mol. The third-order valence-corrected chi connectivity index (χ3v) is 2.81. The van der Waals surface area contributed by atoms with Crippen LogP contribution in [0.2, 0.25) is 0 Å². The summed E-state index contributed by atoms with van der Waals surface area (Å²) in [5.74, 6) is 0.205. The van der Waals surface area contributed by atoms with Gasteiger partial charge in [-0.3, -0.25) is 4.79 Å². The first-order valence-corrected chi connectivity index (χ1v) is 6.53. The van der Waals surface area contributed by atoms with E-state index in [1.807, 2.05) is 4.90 Å². The smallest absolute Gasteiger partial charge is 0.228 e. The maximum absolute atomic E-state index is 12.1. The summed E-state index contributed by atoms with van der Waals surface area (Å²) >= 11 is 0. The Morgan fingerprint density at radius 2 is 1.94 bits per heavy atom. The molecule has 1 aromatic heterocycles. The second-order valence-electron chi connectivity index (χ2n) is 4.34. The van der Waals surface area contributed by atoms with Crippen molar-refractivity contribution in [1.82, 2.24) is 14.9 Å². The Balaban J connectivity index is 2.46. The molecule has 0 saturated carbocycles. The molecule has 0 aliphatic carbocycles. The summed E-state index contributed by atoms with van der Waals surface area (Å²) in [5, 5.41) is 0. The van der Waals surface area contributed by atoms with Crippen LogP contribution in [0.3, 0.4) is 0 Å². The lowest BCUT2D eigenvalue weighted by atomic mass is 10.2. The molecule has 96 valence electrons. The second kappa shape index (κ2) is 7.87. The van der Waals surface area contributed by atoms with Gasteiger partial charge in [-0.15, -0.1) is 0 Å². The molecule has 1 N–H and O–H groups in total. The van der Waals surface area contributed by atoms with Crippen molar-refractivity contribution in [2.75, 3.05) is 13.1 Å². The topological polar surface area (TPSA) is 49.0 Å². The van der Waals surface area contributed by atoms with Crippen LogP contribution in [0.4, 0.5) is 0 Å². The molecule has 1 amide bonds. The predicted molar refractivity (Wildman–Crippen MR) is 68.7 cm³/mol. The standard InChI is InChI=1S/C13H23N3O/c1-3-5-7-16(8-6-4-2)13(17)9-12-10-14-11-15-12/h10-11H,3-9H2,1-2H3,(H,14,15). The Hall–Kier alpha value is -1.32. The van der Waals surface area contributed by atoms with Gasteiger partial charge < -0.3 is 9.88 Å². The summed E-state index contributed by atoms with van der Waals surface area (Å²) < 4.78 is 0. The van der Waals surface area contributed by atoms with Crippen LogP contribution in [0.1, 0.15) is 45.2 Å². The number of nitrogens with one attached hydrogen (secondary N) is 1. The van der Waals surface area contributed by atoms with Crippen LogP contribution in [0.25, 0.3) is 0 Å². The fourth-order valence-corrected chi connectivity index (χ4v) is 1.72. The average Bonchev–Trinajstić information content (AvgIpc) is 2.82. The summed E-state index contributed by atoms with van der Waals surface area (Å²) in [5.41, 5.74) is 0.896. The molecule has 1 heterocycles. The molecule has 4 nitrogen and oxygen atoms in total. The summed E-state index contributed by atoms with van der Waals surface area (Å²) in [6.07, 6.45) is 8.19. The fourth-order valence-electron chi connectivity index (χ4n) is 1.72. The zero-order valence-corrected chi connectivity index (χ0v) is 10.9. The third kappa shape index (κ3) is 5.02. The van der Waals surface area contributed by atoms with Crippen LogP contribution < -0.4 is 0 Å². The Bertz CT molecular complexity index is 300. The molecule has 0 unspecified atom stereocenters. The van der Waals surface area contributed by atoms with Gasteiger partial charge in [0.2, 0.25) is 5.91 Å². The number of H-pyrrole nitrogens is 1. The molecule has 4 heteroatoms. The van der Waals surface area contributed by atoms with Gasteiger partial charge in [-0.2, -0.15) is 0 Å². The minimum Gasteiger partial charge on any atom is -0.348 e. The summed E-state index contributed by atoms with van der Waals surface area (Å²) in [6.45, 7) is 6.06. The van der Waals surface area contributed by atoms with Crippen molar-refractivity contribution in [2.24, 2.45) is 0 Å². The summed E-state index contributed by atoms with van der Waals surface area (Å²) in [6, 6.07) is 0. The number of hydrogen-bond donors (Lipinski definition) is 1. The zero-order chi connectivity index (χ0) is 12.5. The van der Waals surface area contributed by atoms with Crippen molar-refractivity contribution in [3.63, 3.8) is 0 Å². The molecule has 0 fully saturated rings. The predicted octanol–water partition coefficient (Wildman–Crippen LogP) is 2.38. The number of nitrogens with zero attached hydrogens (tertiary/aromatic N) is 2. The van der Waals surface area contributed by atoms with Crippen LogP contribution in [0.15, 0.2) is 12.5 Å². The molecule has 17 heavy (non-hydrogen) atoms. The lowest BCUT2D eigenvalue weighted by molar-refractivity contribution is -0.130. The summed E-state index contributed by atoms with van der Waals surface area (Å²) in [7, 11) is 0. The zero-order valence-electron chi connectivity index (χ0n) is 10.9. The molecule has 0 atom stereocenters. The van der Waals surface area contributed by atoms with Gasteiger partial charge in [0.15, 0.2) is 0 Å². The van der Waals surface area contributed by atoms with Gasteiger partial charge >= 0.3 is 0 Å². The number of rotatable bonds is 8. The van der Waals surface area contributed by atoms with E-state index in [1.165, 1.54) is 0 Å². The van der Waals surface area contributed by atoms with Gasteiger partial charge in [0.05, 0.1) is 12.7 Å². The number of imidazole rings is 1. The van der Waals surface area contributed by atoms with Gasteiger partial charge in [-0.05, 0) is 12.8 Å². The molecule has 0 aromatic carbocycles. The molecular formula is C13H23N3O. The molecule has 1 aromatic rings. The minimum atomic E-state index is 0.205. The third-order valence-electron chi connectivity index (χ3n) is 2.81. The van der Waals surface area contributed by atoms with Crippen LogP contribution in [0, 0.1) is 0 Å². The van der Waals surface area contributed by atoms with E-state index in [-0.39, 0.29) is 5.91 Å². The SMILES string of the molecule is CCCCN(CCCC)C(=O)Cc1cnc[nH]1. The molecule has 0 aliphatic rings. The van der Waals surface area contributed by atoms with Gasteiger partial charge in [-0.1, -0.05) is 26.7 Å². The number of amides is 1. The van der Waals surface area contributed by atoms with E-state index in [0.717, 1.165) is 44.5 Å². The van der Waals surface area contributed by atoms with Crippen LogP contribution in [-0.4, -0.2) is 33.9 Å². The maximum Gasteiger partial charge on any atom is 0.228 e. The highest BCUT2D eigenvalue weighted by atomic mass is 16.2. The fraction of sp³-hybridized carbons (Fsp3) is 0.692. The number of aromatic amines is 1. The van der Waals surface area contributed by atoms with E-state index in [9.17, 15) is 4.79 Å². The second-order valence-corrected chi connectivity index (χ2v) is 4.34. The van der Waals surface area contributed by atoms with Gasteiger partial charge in [0, 0.05) is 25.0 Å². The molecule has 0 spiro atoms. The van der Waals surface area contributed by atoms with Crippen LogP contribution in [0.5, 0.6) is 0 Å². The highest BCUT2D eigenvalue weighted by Gasteiger charge is 2.13. The first kappa shape index (κ1) is 13.7. The summed E-state index contributed by atoms with van der Waals surface area (Å²) in [4.78, 5) is 21.0. The maximum atomic E-state index is 12.1. The van der Waals surface area contributed by atoms with E-state index in [1.54, 1.807) is 12.5 Å². The highest BCUT2D eigenvalue weighted by Crippen LogP contribution is 2.03. The van der Waals surface area contributed by atoms with Crippen molar-refractivity contribution in [2.45, 2.75) is 46.0 Å². The van der Waals surface area contributed by atoms with Crippen LogP contribution >= 0.6 is 0 Å². The largest absolute Gasteiger partial charge is 0.348 e. The van der Waals surface area contributed by atoms with Crippen molar-refractivity contribution < 1.29 is 4.79 Å². The Morgan fingerprint density at radius 3 is 2.41 bits per heavy atom.